The van der Waals surface area contributed by atoms with Crippen molar-refractivity contribution in [2.75, 3.05) is 6.54 Å². The van der Waals surface area contributed by atoms with Gasteiger partial charge in [-0.15, -0.1) is 0 Å². The van der Waals surface area contributed by atoms with Crippen LogP contribution in [0.4, 0.5) is 5.69 Å². The van der Waals surface area contributed by atoms with Gasteiger partial charge >= 0.3 is 0 Å². The molecule has 1 atom stereocenters. The molecule has 156 valence electrons. The highest BCUT2D eigenvalue weighted by atomic mass is 16.6. The number of carbonyl (C=O) groups excluding carboxylic acids is 1. The predicted molar refractivity (Wildman–Crippen MR) is 113 cm³/mol. The summed E-state index contributed by atoms with van der Waals surface area (Å²) in [6, 6.07) is 7.95. The number of benzene rings is 2. The maximum absolute atomic E-state index is 13.0. The van der Waals surface area contributed by atoms with Crippen LogP contribution >= 0.6 is 0 Å². The molecule has 2 heterocycles. The number of phenols is 1. The van der Waals surface area contributed by atoms with Crippen molar-refractivity contribution in [2.45, 2.75) is 45.7 Å². The number of non-ortho nitro benzene ring substituents is 1. The Balaban J connectivity index is 1.67. The highest BCUT2D eigenvalue weighted by Crippen LogP contribution is 2.42. The number of aryl methyl sites for hydroxylation is 1. The molecule has 0 bridgehead atoms. The van der Waals surface area contributed by atoms with E-state index in [1.54, 1.807) is 31.2 Å². The smallest absolute Gasteiger partial charge is 0.269 e. The summed E-state index contributed by atoms with van der Waals surface area (Å²) in [5, 5.41) is 21.5. The van der Waals surface area contributed by atoms with E-state index in [-0.39, 0.29) is 23.0 Å². The maximum atomic E-state index is 13.0. The Morgan fingerprint density at radius 1 is 1.30 bits per heavy atom. The van der Waals surface area contributed by atoms with Gasteiger partial charge in [-0.2, -0.15) is 0 Å². The quantitative estimate of drug-likeness (QED) is 0.451. The van der Waals surface area contributed by atoms with E-state index in [0.717, 1.165) is 19.4 Å². The van der Waals surface area contributed by atoms with Crippen LogP contribution in [0, 0.1) is 17.0 Å². The van der Waals surface area contributed by atoms with Crippen molar-refractivity contribution in [3.8, 4) is 11.5 Å². The lowest BCUT2D eigenvalue weighted by molar-refractivity contribution is -0.384. The number of nitrogens with zero attached hydrogens (tertiary/aromatic N) is 2. The van der Waals surface area contributed by atoms with Gasteiger partial charge in [-0.1, -0.05) is 6.42 Å². The Morgan fingerprint density at radius 2 is 2.03 bits per heavy atom. The number of ether oxygens (including phenoxy) is 1. The van der Waals surface area contributed by atoms with Gasteiger partial charge in [-0.3, -0.25) is 19.8 Å². The lowest BCUT2D eigenvalue weighted by Crippen LogP contribution is -2.36. The highest BCUT2D eigenvalue weighted by molar-refractivity contribution is 6.15. The van der Waals surface area contributed by atoms with Gasteiger partial charge < -0.3 is 9.84 Å². The molecule has 2 aliphatic rings. The monoisotopic (exact) mass is 408 g/mol. The van der Waals surface area contributed by atoms with E-state index in [2.05, 4.69) is 11.8 Å². The SMILES string of the molecule is Cc1cc(O)c(CN2CCCCC2C)c2c1C(=O)/C(=C/c1ccc([N+](=O)[O-])cc1)O2. The molecule has 0 spiro atoms. The summed E-state index contributed by atoms with van der Waals surface area (Å²) < 4.78 is 5.96. The molecule has 2 aromatic rings. The number of allylic oxidation sites excluding steroid dienone is 1. The van der Waals surface area contributed by atoms with Crippen LogP contribution in [0.15, 0.2) is 36.1 Å². The average molecular weight is 408 g/mol. The molecule has 0 aromatic heterocycles. The van der Waals surface area contributed by atoms with Crippen LogP contribution in [0.5, 0.6) is 11.5 Å². The number of nitro groups is 1. The molecule has 1 fully saturated rings. The highest BCUT2D eigenvalue weighted by Gasteiger charge is 2.34. The number of aromatic hydroxyl groups is 1. The molecule has 1 N–H and O–H groups in total. The van der Waals surface area contributed by atoms with E-state index in [9.17, 15) is 20.0 Å². The van der Waals surface area contributed by atoms with E-state index in [1.165, 1.54) is 18.6 Å². The van der Waals surface area contributed by atoms with Gasteiger partial charge in [0, 0.05) is 24.7 Å². The lowest BCUT2D eigenvalue weighted by atomic mass is 9.97. The minimum atomic E-state index is -0.468. The first kappa shape index (κ1) is 20.1. The molecule has 30 heavy (non-hydrogen) atoms. The van der Waals surface area contributed by atoms with Crippen LogP contribution in [0.2, 0.25) is 0 Å². The molecule has 0 radical (unpaired) electrons. The fraction of sp³-hybridized carbons (Fsp3) is 0.348. The zero-order valence-electron chi connectivity index (χ0n) is 17.1. The Morgan fingerprint density at radius 3 is 2.70 bits per heavy atom. The predicted octanol–water partition coefficient (Wildman–Crippen LogP) is 4.60. The van der Waals surface area contributed by atoms with Crippen molar-refractivity contribution in [1.29, 1.82) is 0 Å². The number of piperidine rings is 1. The Labute approximate surface area is 174 Å². The van der Waals surface area contributed by atoms with Gasteiger partial charge in [-0.25, -0.2) is 0 Å². The van der Waals surface area contributed by atoms with E-state index < -0.39 is 4.92 Å². The van der Waals surface area contributed by atoms with Crippen molar-refractivity contribution in [3.63, 3.8) is 0 Å². The molecule has 4 rings (SSSR count). The standard InChI is InChI=1S/C23H24N2O5/c1-14-11-19(26)18(13-24-10-4-3-5-15(24)2)23-21(14)22(27)20(30-23)12-16-6-8-17(9-7-16)25(28)29/h6-9,11-12,15,26H,3-5,10,13H2,1-2H3/b20-12-. The van der Waals surface area contributed by atoms with E-state index in [4.69, 9.17) is 4.74 Å². The molecule has 2 aromatic carbocycles. The van der Waals surface area contributed by atoms with Gasteiger partial charge in [0.05, 0.1) is 16.1 Å². The Bertz CT molecular complexity index is 1040. The van der Waals surface area contributed by atoms with Gasteiger partial charge in [0.15, 0.2) is 5.76 Å². The van der Waals surface area contributed by atoms with Crippen LogP contribution in [-0.2, 0) is 6.54 Å². The number of nitro benzene ring substituents is 1. The van der Waals surface area contributed by atoms with E-state index in [1.807, 2.05) is 0 Å². The number of ketones is 1. The number of Topliss-reactive ketones (excluding diaryl/α,β-unsaturated/α-hetero) is 1. The second-order valence-corrected chi connectivity index (χ2v) is 8.00. The molecular weight excluding hydrogens is 384 g/mol. The zero-order chi connectivity index (χ0) is 21.4. The molecule has 1 saturated heterocycles. The maximum Gasteiger partial charge on any atom is 0.269 e. The average Bonchev–Trinajstić information content (AvgIpc) is 3.03. The number of carbonyl (C=O) groups is 1. The molecule has 0 amide bonds. The van der Waals surface area contributed by atoms with Gasteiger partial charge in [0.2, 0.25) is 5.78 Å². The minimum Gasteiger partial charge on any atom is -0.507 e. The van der Waals surface area contributed by atoms with Crippen LogP contribution in [0.3, 0.4) is 0 Å². The van der Waals surface area contributed by atoms with Crippen molar-refractivity contribution in [3.05, 3.63) is 68.5 Å². The van der Waals surface area contributed by atoms with E-state index >= 15 is 0 Å². The third kappa shape index (κ3) is 3.68. The third-order valence-electron chi connectivity index (χ3n) is 5.92. The summed E-state index contributed by atoms with van der Waals surface area (Å²) in [6.45, 7) is 5.43. The minimum absolute atomic E-state index is 0.0159. The number of hydrogen-bond acceptors (Lipinski definition) is 6. The summed E-state index contributed by atoms with van der Waals surface area (Å²) in [5.74, 6) is 0.464. The first-order chi connectivity index (χ1) is 14.3. The largest absolute Gasteiger partial charge is 0.507 e. The Kier molecular flexibility index (Phi) is 5.30. The van der Waals surface area contributed by atoms with E-state index in [0.29, 0.717) is 40.6 Å². The van der Waals surface area contributed by atoms with Crippen molar-refractivity contribution >= 4 is 17.5 Å². The zero-order valence-corrected chi connectivity index (χ0v) is 17.1. The summed E-state index contributed by atoms with van der Waals surface area (Å²) >= 11 is 0. The van der Waals surface area contributed by atoms with Gasteiger partial charge in [0.25, 0.3) is 5.69 Å². The Hall–Kier alpha value is -3.19. The normalized spacial score (nSPS) is 20.3. The fourth-order valence-electron chi connectivity index (χ4n) is 4.17. The van der Waals surface area contributed by atoms with Crippen LogP contribution in [0.25, 0.3) is 6.08 Å². The molecule has 2 aliphatic heterocycles. The second-order valence-electron chi connectivity index (χ2n) is 8.00. The first-order valence-electron chi connectivity index (χ1n) is 10.1. The summed E-state index contributed by atoms with van der Waals surface area (Å²) in [6.07, 6.45) is 5.01. The van der Waals surface area contributed by atoms with Crippen molar-refractivity contribution in [2.24, 2.45) is 0 Å². The number of likely N-dealkylation sites (tertiary alicyclic amines) is 1. The molecule has 0 aliphatic carbocycles. The topological polar surface area (TPSA) is 92.9 Å². The number of hydrogen-bond donors (Lipinski definition) is 1. The lowest BCUT2D eigenvalue weighted by Gasteiger charge is -2.33. The molecule has 0 saturated carbocycles. The molecule has 7 heteroatoms. The fourth-order valence-corrected chi connectivity index (χ4v) is 4.17. The van der Waals surface area contributed by atoms with Crippen molar-refractivity contribution < 1.29 is 19.6 Å². The molecular formula is C23H24N2O5. The van der Waals surface area contributed by atoms with Crippen molar-refractivity contribution in [1.82, 2.24) is 4.90 Å². The van der Waals surface area contributed by atoms with Crippen LogP contribution < -0.4 is 4.74 Å². The van der Waals surface area contributed by atoms with Gasteiger partial charge in [0.1, 0.15) is 11.5 Å². The summed E-state index contributed by atoms with van der Waals surface area (Å²) in [4.78, 5) is 25.7. The van der Waals surface area contributed by atoms with Gasteiger partial charge in [-0.05, 0) is 68.6 Å². The van der Waals surface area contributed by atoms with Crippen LogP contribution in [-0.4, -0.2) is 33.3 Å². The summed E-state index contributed by atoms with van der Waals surface area (Å²) in [7, 11) is 0. The second kappa shape index (κ2) is 7.91. The number of phenolic OH excluding ortho intramolecular Hbond substituents is 1. The number of rotatable bonds is 4. The summed E-state index contributed by atoms with van der Waals surface area (Å²) in [5.41, 5.74) is 2.38. The molecule has 7 nitrogen and oxygen atoms in total. The molecule has 1 unspecified atom stereocenters. The first-order valence-corrected chi connectivity index (χ1v) is 10.1. The van der Waals surface area contributed by atoms with Crippen LogP contribution in [0.1, 0.15) is 53.2 Å². The third-order valence-corrected chi connectivity index (χ3v) is 5.92. The number of fused-ring (bicyclic) bond motifs is 1.